The second kappa shape index (κ2) is 9.50. The first kappa shape index (κ1) is 21.1. The molecule has 1 amide bonds. The minimum atomic E-state index is 0. The molecular weight excluding hydrogens is 345 g/mol. The number of benzene rings is 1. The first-order chi connectivity index (χ1) is 10.7. The molecule has 2 saturated heterocycles. The number of anilines is 1. The zero-order valence-electron chi connectivity index (χ0n) is 14.6. The zero-order valence-corrected chi connectivity index (χ0v) is 16.2. The molecule has 2 aliphatic heterocycles. The van der Waals surface area contributed by atoms with Crippen LogP contribution in [0.2, 0.25) is 0 Å². The van der Waals surface area contributed by atoms with E-state index in [1.165, 1.54) is 29.7 Å². The molecule has 136 valence electrons. The summed E-state index contributed by atoms with van der Waals surface area (Å²) in [6.45, 7) is 8.88. The van der Waals surface area contributed by atoms with Crippen LogP contribution in [0.1, 0.15) is 30.4 Å². The Morgan fingerprint density at radius 3 is 2.42 bits per heavy atom. The second-order valence-corrected chi connectivity index (χ2v) is 6.53. The molecule has 1 aromatic rings. The highest BCUT2D eigenvalue weighted by molar-refractivity contribution is 5.85. The van der Waals surface area contributed by atoms with E-state index in [0.29, 0.717) is 5.91 Å². The molecule has 0 spiro atoms. The van der Waals surface area contributed by atoms with Crippen molar-refractivity contribution >= 4 is 36.4 Å². The Morgan fingerprint density at radius 1 is 1.08 bits per heavy atom. The van der Waals surface area contributed by atoms with Crippen LogP contribution in [-0.2, 0) is 4.79 Å². The Balaban J connectivity index is 0.00000144. The number of carbonyl (C=O) groups is 1. The van der Waals surface area contributed by atoms with Crippen molar-refractivity contribution in [2.45, 2.75) is 39.2 Å². The number of rotatable bonds is 2. The predicted octanol–water partition coefficient (Wildman–Crippen LogP) is 2.94. The molecule has 0 aromatic heterocycles. The fourth-order valence-electron chi connectivity index (χ4n) is 3.53. The van der Waals surface area contributed by atoms with Crippen LogP contribution in [0.25, 0.3) is 0 Å². The highest BCUT2D eigenvalue weighted by Crippen LogP contribution is 2.24. The van der Waals surface area contributed by atoms with E-state index in [1.807, 2.05) is 4.90 Å². The zero-order chi connectivity index (χ0) is 15.5. The van der Waals surface area contributed by atoms with Crippen molar-refractivity contribution < 1.29 is 4.79 Å². The molecular formula is C18H29Cl2N3O. The van der Waals surface area contributed by atoms with Crippen LogP contribution in [0.5, 0.6) is 0 Å². The van der Waals surface area contributed by atoms with Gasteiger partial charge in [0.05, 0.1) is 6.04 Å². The normalized spacial score (nSPS) is 20.8. The lowest BCUT2D eigenvalue weighted by Crippen LogP contribution is -2.55. The van der Waals surface area contributed by atoms with E-state index in [2.05, 4.69) is 42.3 Å². The summed E-state index contributed by atoms with van der Waals surface area (Å²) < 4.78 is 0. The Labute approximate surface area is 157 Å². The van der Waals surface area contributed by atoms with Gasteiger partial charge in [-0.05, 0) is 50.4 Å². The van der Waals surface area contributed by atoms with Gasteiger partial charge in [0.15, 0.2) is 0 Å². The van der Waals surface area contributed by atoms with Gasteiger partial charge < -0.3 is 15.1 Å². The molecule has 0 bridgehead atoms. The number of nitrogens with one attached hydrogen (secondary N) is 1. The van der Waals surface area contributed by atoms with Gasteiger partial charge >= 0.3 is 0 Å². The van der Waals surface area contributed by atoms with Crippen molar-refractivity contribution in [3.05, 3.63) is 29.3 Å². The first-order valence-corrected chi connectivity index (χ1v) is 8.50. The van der Waals surface area contributed by atoms with Gasteiger partial charge in [-0.15, -0.1) is 24.8 Å². The minimum Gasteiger partial charge on any atom is -0.368 e. The molecule has 0 aliphatic carbocycles. The Morgan fingerprint density at radius 2 is 1.79 bits per heavy atom. The number of amides is 1. The van der Waals surface area contributed by atoms with Crippen molar-refractivity contribution in [3.63, 3.8) is 0 Å². The molecule has 3 rings (SSSR count). The molecule has 6 heteroatoms. The van der Waals surface area contributed by atoms with Crippen molar-refractivity contribution in [2.24, 2.45) is 0 Å². The van der Waals surface area contributed by atoms with Crippen molar-refractivity contribution in [1.29, 1.82) is 0 Å². The number of halogens is 2. The third kappa shape index (κ3) is 4.56. The minimum absolute atomic E-state index is 0. The van der Waals surface area contributed by atoms with Crippen LogP contribution >= 0.6 is 24.8 Å². The summed E-state index contributed by atoms with van der Waals surface area (Å²) in [5.41, 5.74) is 4.02. The maximum atomic E-state index is 12.6. The van der Waals surface area contributed by atoms with E-state index in [0.717, 1.165) is 39.1 Å². The van der Waals surface area contributed by atoms with Crippen LogP contribution in [0.3, 0.4) is 0 Å². The van der Waals surface area contributed by atoms with E-state index in [4.69, 9.17) is 0 Å². The summed E-state index contributed by atoms with van der Waals surface area (Å²) in [5, 5.41) is 3.37. The molecule has 2 heterocycles. The first-order valence-electron chi connectivity index (χ1n) is 8.50. The SMILES string of the molecule is Cc1cccc(N2CCN(C(=O)[C@H]3CCCCN3)CC2)c1C.Cl.Cl. The monoisotopic (exact) mass is 373 g/mol. The molecule has 2 fully saturated rings. The number of hydrogen-bond donors (Lipinski definition) is 1. The Hall–Kier alpha value is -0.970. The lowest BCUT2D eigenvalue weighted by Gasteiger charge is -2.39. The highest BCUT2D eigenvalue weighted by Gasteiger charge is 2.28. The molecule has 4 nitrogen and oxygen atoms in total. The van der Waals surface area contributed by atoms with Crippen molar-refractivity contribution in [2.75, 3.05) is 37.6 Å². The van der Waals surface area contributed by atoms with Gasteiger partial charge in [0, 0.05) is 31.9 Å². The summed E-state index contributed by atoms with van der Waals surface area (Å²) in [6.07, 6.45) is 3.37. The fraction of sp³-hybridized carbons (Fsp3) is 0.611. The number of piperazine rings is 1. The van der Waals surface area contributed by atoms with Gasteiger partial charge in [0.25, 0.3) is 0 Å². The predicted molar refractivity (Wildman–Crippen MR) is 105 cm³/mol. The molecule has 0 radical (unpaired) electrons. The maximum absolute atomic E-state index is 12.6. The molecule has 1 atom stereocenters. The Bertz CT molecular complexity index is 539. The number of aryl methyl sites for hydroxylation is 1. The van der Waals surface area contributed by atoms with Crippen molar-refractivity contribution in [1.82, 2.24) is 10.2 Å². The average Bonchev–Trinajstić information content (AvgIpc) is 2.58. The van der Waals surface area contributed by atoms with Crippen LogP contribution in [0.15, 0.2) is 18.2 Å². The van der Waals surface area contributed by atoms with Gasteiger partial charge in [-0.1, -0.05) is 18.6 Å². The van der Waals surface area contributed by atoms with Crippen LogP contribution in [0.4, 0.5) is 5.69 Å². The summed E-state index contributed by atoms with van der Waals surface area (Å²) >= 11 is 0. The largest absolute Gasteiger partial charge is 0.368 e. The standard InChI is InChI=1S/C18H27N3O.2ClH/c1-14-6-5-8-17(15(14)2)20-10-12-21(13-11-20)18(22)16-7-3-4-9-19-16;;/h5-6,8,16,19H,3-4,7,9-13H2,1-2H3;2*1H/t16-;;/m1../s1. The third-order valence-electron chi connectivity index (χ3n) is 5.12. The fourth-order valence-corrected chi connectivity index (χ4v) is 3.53. The topological polar surface area (TPSA) is 35.6 Å². The Kier molecular flexibility index (Phi) is 8.34. The van der Waals surface area contributed by atoms with E-state index in [9.17, 15) is 4.79 Å². The van der Waals surface area contributed by atoms with Crippen LogP contribution in [0, 0.1) is 13.8 Å². The lowest BCUT2D eigenvalue weighted by atomic mass is 10.0. The molecule has 24 heavy (non-hydrogen) atoms. The van der Waals surface area contributed by atoms with Gasteiger partial charge in [0.2, 0.25) is 5.91 Å². The molecule has 2 aliphatic rings. The quantitative estimate of drug-likeness (QED) is 0.865. The highest BCUT2D eigenvalue weighted by atomic mass is 35.5. The number of carbonyl (C=O) groups excluding carboxylic acids is 1. The van der Waals surface area contributed by atoms with Crippen LogP contribution in [-0.4, -0.2) is 49.6 Å². The van der Waals surface area contributed by atoms with Crippen LogP contribution < -0.4 is 10.2 Å². The van der Waals surface area contributed by atoms with Crippen molar-refractivity contribution in [3.8, 4) is 0 Å². The molecule has 1 aromatic carbocycles. The molecule has 0 saturated carbocycles. The summed E-state index contributed by atoms with van der Waals surface area (Å²) in [4.78, 5) is 17.0. The van der Waals surface area contributed by atoms with Gasteiger partial charge in [-0.2, -0.15) is 0 Å². The maximum Gasteiger partial charge on any atom is 0.239 e. The average molecular weight is 374 g/mol. The number of hydrogen-bond acceptors (Lipinski definition) is 3. The van der Waals surface area contributed by atoms with Gasteiger partial charge in [-0.25, -0.2) is 0 Å². The van der Waals surface area contributed by atoms with E-state index >= 15 is 0 Å². The summed E-state index contributed by atoms with van der Waals surface area (Å²) in [7, 11) is 0. The van der Waals surface area contributed by atoms with E-state index in [-0.39, 0.29) is 30.9 Å². The van der Waals surface area contributed by atoms with E-state index in [1.54, 1.807) is 0 Å². The van der Waals surface area contributed by atoms with Gasteiger partial charge in [0.1, 0.15) is 0 Å². The smallest absolute Gasteiger partial charge is 0.239 e. The summed E-state index contributed by atoms with van der Waals surface area (Å²) in [5.74, 6) is 0.306. The summed E-state index contributed by atoms with van der Waals surface area (Å²) in [6, 6.07) is 6.54. The second-order valence-electron chi connectivity index (χ2n) is 6.53. The molecule has 0 unspecified atom stereocenters. The molecule has 1 N–H and O–H groups in total. The number of piperidine rings is 1. The van der Waals surface area contributed by atoms with Gasteiger partial charge in [-0.3, -0.25) is 4.79 Å². The lowest BCUT2D eigenvalue weighted by molar-refractivity contribution is -0.134. The number of nitrogens with zero attached hydrogens (tertiary/aromatic N) is 2. The van der Waals surface area contributed by atoms with E-state index < -0.39 is 0 Å². The third-order valence-corrected chi connectivity index (χ3v) is 5.12.